The van der Waals surface area contributed by atoms with Crippen LogP contribution < -0.4 is 11.1 Å². The number of nitrogens with two attached hydrogens (primary N) is 1. The van der Waals surface area contributed by atoms with Gasteiger partial charge in [0.15, 0.2) is 5.76 Å². The van der Waals surface area contributed by atoms with Gasteiger partial charge in [-0.1, -0.05) is 5.16 Å². The summed E-state index contributed by atoms with van der Waals surface area (Å²) in [6, 6.07) is 1.80. The summed E-state index contributed by atoms with van der Waals surface area (Å²) in [5.41, 5.74) is 6.07. The number of carbonyl (C=O) groups excluding carboxylic acids is 1. The first-order chi connectivity index (χ1) is 8.66. The molecule has 1 amide bonds. The second-order valence-electron chi connectivity index (χ2n) is 4.71. The van der Waals surface area contributed by atoms with Crippen molar-refractivity contribution < 1.29 is 14.1 Å². The first-order valence-corrected chi connectivity index (χ1v) is 6.15. The van der Waals surface area contributed by atoms with Crippen LogP contribution in [0.1, 0.15) is 24.3 Å². The van der Waals surface area contributed by atoms with Crippen molar-refractivity contribution >= 4 is 5.91 Å². The normalized spacial score (nSPS) is 18.6. The van der Waals surface area contributed by atoms with E-state index in [1.165, 1.54) is 0 Å². The Morgan fingerprint density at radius 2 is 2.28 bits per heavy atom. The molecule has 0 aliphatic carbocycles. The van der Waals surface area contributed by atoms with Crippen molar-refractivity contribution in [1.29, 1.82) is 0 Å². The van der Waals surface area contributed by atoms with E-state index < -0.39 is 5.41 Å². The van der Waals surface area contributed by atoms with Crippen LogP contribution in [0.4, 0.5) is 0 Å². The number of aryl methyl sites for hydroxylation is 1. The molecule has 1 aromatic rings. The summed E-state index contributed by atoms with van der Waals surface area (Å²) in [6.45, 7) is 3.71. The lowest BCUT2D eigenvalue weighted by Gasteiger charge is -2.34. The van der Waals surface area contributed by atoms with E-state index in [1.54, 1.807) is 6.07 Å². The van der Waals surface area contributed by atoms with Gasteiger partial charge in [-0.3, -0.25) is 4.79 Å². The molecule has 1 aliphatic heterocycles. The molecule has 2 rings (SSSR count). The van der Waals surface area contributed by atoms with Gasteiger partial charge in [0, 0.05) is 25.8 Å². The Labute approximate surface area is 106 Å². The fourth-order valence-corrected chi connectivity index (χ4v) is 2.14. The molecule has 18 heavy (non-hydrogen) atoms. The number of rotatable bonds is 4. The van der Waals surface area contributed by atoms with Gasteiger partial charge in [0.05, 0.1) is 17.7 Å². The molecule has 3 N–H and O–H groups in total. The number of ether oxygens (including phenoxy) is 1. The molecule has 1 saturated heterocycles. The Balaban J connectivity index is 1.93. The molecule has 6 heteroatoms. The van der Waals surface area contributed by atoms with Crippen LogP contribution in [0, 0.1) is 12.3 Å². The molecular formula is C12H19N3O3. The average molecular weight is 253 g/mol. The highest BCUT2D eigenvalue weighted by Crippen LogP contribution is 2.29. The summed E-state index contributed by atoms with van der Waals surface area (Å²) >= 11 is 0. The number of aromatic nitrogens is 1. The highest BCUT2D eigenvalue weighted by Gasteiger charge is 2.38. The van der Waals surface area contributed by atoms with E-state index in [9.17, 15) is 4.79 Å². The van der Waals surface area contributed by atoms with E-state index in [1.807, 2.05) is 6.92 Å². The third kappa shape index (κ3) is 2.70. The zero-order valence-electron chi connectivity index (χ0n) is 10.6. The smallest absolute Gasteiger partial charge is 0.228 e. The molecule has 0 bridgehead atoms. The fourth-order valence-electron chi connectivity index (χ4n) is 2.14. The van der Waals surface area contributed by atoms with Gasteiger partial charge in [-0.25, -0.2) is 0 Å². The predicted molar refractivity (Wildman–Crippen MR) is 64.6 cm³/mol. The van der Waals surface area contributed by atoms with Crippen molar-refractivity contribution in [3.8, 4) is 0 Å². The van der Waals surface area contributed by atoms with Crippen LogP contribution in [0.5, 0.6) is 0 Å². The number of amides is 1. The van der Waals surface area contributed by atoms with E-state index in [0.29, 0.717) is 44.9 Å². The standard InChI is InChI=1S/C12H19N3O3/c1-9-6-10(18-15-9)7-14-11(16)12(8-13)2-4-17-5-3-12/h6H,2-5,7-8,13H2,1H3,(H,14,16). The summed E-state index contributed by atoms with van der Waals surface area (Å²) in [7, 11) is 0. The van der Waals surface area contributed by atoms with Gasteiger partial charge < -0.3 is 20.3 Å². The lowest BCUT2D eigenvalue weighted by atomic mass is 9.79. The van der Waals surface area contributed by atoms with Gasteiger partial charge in [-0.2, -0.15) is 0 Å². The Hall–Kier alpha value is -1.40. The summed E-state index contributed by atoms with van der Waals surface area (Å²) < 4.78 is 10.3. The molecule has 1 fully saturated rings. The molecule has 0 unspecified atom stereocenters. The molecule has 0 saturated carbocycles. The second-order valence-corrected chi connectivity index (χ2v) is 4.71. The van der Waals surface area contributed by atoms with Crippen molar-refractivity contribution in [2.75, 3.05) is 19.8 Å². The molecule has 0 radical (unpaired) electrons. The van der Waals surface area contributed by atoms with Crippen LogP contribution in [0.15, 0.2) is 10.6 Å². The maximum Gasteiger partial charge on any atom is 0.228 e. The van der Waals surface area contributed by atoms with Crippen LogP contribution >= 0.6 is 0 Å². The maximum absolute atomic E-state index is 12.2. The molecule has 1 aliphatic rings. The van der Waals surface area contributed by atoms with Gasteiger partial charge in [0.2, 0.25) is 5.91 Å². The van der Waals surface area contributed by atoms with Crippen molar-refractivity contribution in [3.63, 3.8) is 0 Å². The Morgan fingerprint density at radius 3 is 2.83 bits per heavy atom. The minimum atomic E-state index is -0.493. The van der Waals surface area contributed by atoms with Crippen molar-refractivity contribution in [2.24, 2.45) is 11.1 Å². The molecule has 0 spiro atoms. The maximum atomic E-state index is 12.2. The van der Waals surface area contributed by atoms with Gasteiger partial charge in [0.1, 0.15) is 0 Å². The summed E-state index contributed by atoms with van der Waals surface area (Å²) in [5.74, 6) is 0.627. The molecule has 1 aromatic heterocycles. The van der Waals surface area contributed by atoms with Crippen LogP contribution in [-0.4, -0.2) is 30.8 Å². The number of hydrogen-bond acceptors (Lipinski definition) is 5. The van der Waals surface area contributed by atoms with E-state index >= 15 is 0 Å². The molecule has 2 heterocycles. The quantitative estimate of drug-likeness (QED) is 0.808. The summed E-state index contributed by atoms with van der Waals surface area (Å²) in [5, 5.41) is 6.64. The Bertz CT molecular complexity index is 410. The first kappa shape index (κ1) is 13.0. The topological polar surface area (TPSA) is 90.4 Å². The SMILES string of the molecule is Cc1cc(CNC(=O)C2(CN)CCOCC2)on1. The highest BCUT2D eigenvalue weighted by molar-refractivity contribution is 5.82. The molecule has 6 nitrogen and oxygen atoms in total. The monoisotopic (exact) mass is 253 g/mol. The number of carbonyl (C=O) groups is 1. The Morgan fingerprint density at radius 1 is 1.56 bits per heavy atom. The van der Waals surface area contributed by atoms with Gasteiger partial charge in [-0.05, 0) is 19.8 Å². The van der Waals surface area contributed by atoms with Crippen molar-refractivity contribution in [1.82, 2.24) is 10.5 Å². The fraction of sp³-hybridized carbons (Fsp3) is 0.667. The third-order valence-corrected chi connectivity index (χ3v) is 3.42. The Kier molecular flexibility index (Phi) is 3.98. The largest absolute Gasteiger partial charge is 0.381 e. The zero-order valence-corrected chi connectivity index (χ0v) is 10.6. The second kappa shape index (κ2) is 5.49. The third-order valence-electron chi connectivity index (χ3n) is 3.42. The van der Waals surface area contributed by atoms with Gasteiger partial charge in [-0.15, -0.1) is 0 Å². The minimum absolute atomic E-state index is 0.0256. The lowest BCUT2D eigenvalue weighted by Crippen LogP contribution is -2.48. The van der Waals surface area contributed by atoms with Crippen molar-refractivity contribution in [2.45, 2.75) is 26.3 Å². The minimum Gasteiger partial charge on any atom is -0.381 e. The number of nitrogens with one attached hydrogen (secondary N) is 1. The van der Waals surface area contributed by atoms with E-state index in [2.05, 4.69) is 10.5 Å². The average Bonchev–Trinajstić information content (AvgIpc) is 2.82. The van der Waals surface area contributed by atoms with Crippen LogP contribution in [-0.2, 0) is 16.1 Å². The first-order valence-electron chi connectivity index (χ1n) is 6.15. The molecule has 0 aromatic carbocycles. The molecule has 100 valence electrons. The molecule has 0 atom stereocenters. The number of nitrogens with zero attached hydrogens (tertiary/aromatic N) is 1. The van der Waals surface area contributed by atoms with E-state index in [4.69, 9.17) is 15.0 Å². The highest BCUT2D eigenvalue weighted by atomic mass is 16.5. The lowest BCUT2D eigenvalue weighted by molar-refractivity contribution is -0.136. The van der Waals surface area contributed by atoms with Gasteiger partial charge in [0.25, 0.3) is 0 Å². The number of hydrogen-bond donors (Lipinski definition) is 2. The van der Waals surface area contributed by atoms with Crippen LogP contribution in [0.25, 0.3) is 0 Å². The zero-order chi connectivity index (χ0) is 13.0. The summed E-state index contributed by atoms with van der Waals surface area (Å²) in [4.78, 5) is 12.2. The van der Waals surface area contributed by atoms with E-state index in [0.717, 1.165) is 5.69 Å². The van der Waals surface area contributed by atoms with Gasteiger partial charge >= 0.3 is 0 Å². The predicted octanol–water partition coefficient (Wildman–Crippen LogP) is 0.355. The molecular weight excluding hydrogens is 234 g/mol. The van der Waals surface area contributed by atoms with Crippen LogP contribution in [0.3, 0.4) is 0 Å². The van der Waals surface area contributed by atoms with E-state index in [-0.39, 0.29) is 5.91 Å². The summed E-state index contributed by atoms with van der Waals surface area (Å²) in [6.07, 6.45) is 1.34. The van der Waals surface area contributed by atoms with Crippen LogP contribution in [0.2, 0.25) is 0 Å². The van der Waals surface area contributed by atoms with Crippen molar-refractivity contribution in [3.05, 3.63) is 17.5 Å².